The Morgan fingerprint density at radius 1 is 1.38 bits per heavy atom. The van der Waals surface area contributed by atoms with Crippen molar-refractivity contribution in [3.8, 4) is 0 Å². The Bertz CT molecular complexity index is 338. The van der Waals surface area contributed by atoms with E-state index in [-0.39, 0.29) is 12.4 Å². The highest BCUT2D eigenvalue weighted by atomic mass is 35.5. The largest absolute Gasteiger partial charge is 0.370 e. The third-order valence-corrected chi connectivity index (χ3v) is 2.81. The van der Waals surface area contributed by atoms with E-state index in [1.807, 2.05) is 6.08 Å². The smallest absolute Gasteiger partial charge is 0.0412 e. The van der Waals surface area contributed by atoms with Crippen LogP contribution in [0.1, 0.15) is 12.0 Å². The third kappa shape index (κ3) is 3.00. The molecule has 0 unspecified atom stereocenters. The van der Waals surface area contributed by atoms with Crippen LogP contribution in [0.4, 0.5) is 5.69 Å². The molecular weight excluding hydrogens is 220 g/mol. The maximum Gasteiger partial charge on any atom is 0.0412 e. The number of hydrogen-bond acceptors (Lipinski definition) is 2. The van der Waals surface area contributed by atoms with Gasteiger partial charge in [0.15, 0.2) is 0 Å². The number of fused-ring (bicyclic) bond motifs is 1. The lowest BCUT2D eigenvalue weighted by molar-refractivity contribution is 0.689. The summed E-state index contributed by atoms with van der Waals surface area (Å²) < 4.78 is 0. The lowest BCUT2D eigenvalue weighted by atomic mass is 10.1. The molecule has 0 radical (unpaired) electrons. The summed E-state index contributed by atoms with van der Waals surface area (Å²) in [6.07, 6.45) is 3.04. The summed E-state index contributed by atoms with van der Waals surface area (Å²) in [6, 6.07) is 8.64. The average Bonchev–Trinajstić information content (AvgIpc) is 2.49. The summed E-state index contributed by atoms with van der Waals surface area (Å²) >= 11 is 0. The van der Waals surface area contributed by atoms with Gasteiger partial charge in [0, 0.05) is 31.9 Å². The van der Waals surface area contributed by atoms with E-state index in [9.17, 15) is 0 Å². The van der Waals surface area contributed by atoms with Crippen LogP contribution in [0.5, 0.6) is 0 Å². The zero-order valence-electron chi connectivity index (χ0n) is 9.48. The SMILES string of the molecule is C=CCCN1CCNCc2ccccc21.Cl. The van der Waals surface area contributed by atoms with Crippen LogP contribution in [0.25, 0.3) is 0 Å². The van der Waals surface area contributed by atoms with Crippen LogP contribution in [0.2, 0.25) is 0 Å². The van der Waals surface area contributed by atoms with Crippen LogP contribution in [-0.4, -0.2) is 19.6 Å². The Labute approximate surface area is 104 Å². The Morgan fingerprint density at radius 2 is 2.19 bits per heavy atom. The first-order valence-corrected chi connectivity index (χ1v) is 5.56. The quantitative estimate of drug-likeness (QED) is 0.815. The van der Waals surface area contributed by atoms with E-state index in [0.717, 1.165) is 32.6 Å². The third-order valence-electron chi connectivity index (χ3n) is 2.81. The Hall–Kier alpha value is -0.990. The molecule has 0 saturated heterocycles. The van der Waals surface area contributed by atoms with Crippen LogP contribution in [0.15, 0.2) is 36.9 Å². The van der Waals surface area contributed by atoms with Gasteiger partial charge in [-0.15, -0.1) is 19.0 Å². The van der Waals surface area contributed by atoms with E-state index >= 15 is 0 Å². The number of anilines is 1. The van der Waals surface area contributed by atoms with Crippen molar-refractivity contribution in [3.63, 3.8) is 0 Å². The zero-order chi connectivity index (χ0) is 10.5. The number of nitrogens with one attached hydrogen (secondary N) is 1. The lowest BCUT2D eigenvalue weighted by Crippen LogP contribution is -2.29. The van der Waals surface area contributed by atoms with Crippen molar-refractivity contribution in [1.29, 1.82) is 0 Å². The molecule has 88 valence electrons. The molecular formula is C13H19ClN2. The van der Waals surface area contributed by atoms with E-state index in [2.05, 4.69) is 41.1 Å². The van der Waals surface area contributed by atoms with Gasteiger partial charge in [0.1, 0.15) is 0 Å². The maximum atomic E-state index is 3.78. The highest BCUT2D eigenvalue weighted by Crippen LogP contribution is 2.21. The van der Waals surface area contributed by atoms with Crippen molar-refractivity contribution >= 4 is 18.1 Å². The molecule has 1 aliphatic rings. The molecule has 0 fully saturated rings. The minimum absolute atomic E-state index is 0. The van der Waals surface area contributed by atoms with E-state index in [1.54, 1.807) is 0 Å². The molecule has 16 heavy (non-hydrogen) atoms. The summed E-state index contributed by atoms with van der Waals surface area (Å²) in [6.45, 7) is 7.99. The molecule has 0 aromatic heterocycles. The molecule has 1 aliphatic heterocycles. The van der Waals surface area contributed by atoms with Gasteiger partial charge in [0.05, 0.1) is 0 Å². The second-order valence-corrected chi connectivity index (χ2v) is 3.87. The average molecular weight is 239 g/mol. The first-order valence-electron chi connectivity index (χ1n) is 5.56. The molecule has 1 heterocycles. The predicted octanol–water partition coefficient (Wildman–Crippen LogP) is 2.59. The van der Waals surface area contributed by atoms with E-state index in [4.69, 9.17) is 0 Å². The lowest BCUT2D eigenvalue weighted by Gasteiger charge is -2.23. The van der Waals surface area contributed by atoms with Gasteiger partial charge in [-0.25, -0.2) is 0 Å². The fourth-order valence-electron chi connectivity index (χ4n) is 2.01. The molecule has 2 rings (SSSR count). The Morgan fingerprint density at radius 3 is 3.00 bits per heavy atom. The number of benzene rings is 1. The van der Waals surface area contributed by atoms with Gasteiger partial charge in [0.2, 0.25) is 0 Å². The van der Waals surface area contributed by atoms with Gasteiger partial charge >= 0.3 is 0 Å². The van der Waals surface area contributed by atoms with Gasteiger partial charge in [-0.3, -0.25) is 0 Å². The van der Waals surface area contributed by atoms with Crippen LogP contribution in [-0.2, 0) is 6.54 Å². The predicted molar refractivity (Wildman–Crippen MR) is 72.4 cm³/mol. The van der Waals surface area contributed by atoms with Gasteiger partial charge in [-0.2, -0.15) is 0 Å². The Kier molecular flexibility index (Phi) is 5.36. The van der Waals surface area contributed by atoms with Crippen molar-refractivity contribution in [1.82, 2.24) is 5.32 Å². The van der Waals surface area contributed by atoms with Crippen LogP contribution in [0, 0.1) is 0 Å². The molecule has 0 aliphatic carbocycles. The van der Waals surface area contributed by atoms with Crippen LogP contribution >= 0.6 is 12.4 Å². The van der Waals surface area contributed by atoms with Crippen molar-refractivity contribution in [2.24, 2.45) is 0 Å². The number of halogens is 1. The fourth-order valence-corrected chi connectivity index (χ4v) is 2.01. The zero-order valence-corrected chi connectivity index (χ0v) is 10.3. The Balaban J connectivity index is 0.00000128. The summed E-state index contributed by atoms with van der Waals surface area (Å²) in [7, 11) is 0. The van der Waals surface area contributed by atoms with Crippen LogP contribution < -0.4 is 10.2 Å². The normalized spacial score (nSPS) is 14.6. The number of para-hydroxylation sites is 1. The molecule has 2 nitrogen and oxygen atoms in total. The molecule has 0 bridgehead atoms. The number of nitrogens with zero attached hydrogens (tertiary/aromatic N) is 1. The van der Waals surface area contributed by atoms with Gasteiger partial charge < -0.3 is 10.2 Å². The molecule has 1 aromatic carbocycles. The summed E-state index contributed by atoms with van der Waals surface area (Å²) in [5.41, 5.74) is 2.78. The first-order chi connectivity index (χ1) is 7.42. The van der Waals surface area contributed by atoms with Crippen molar-refractivity contribution in [2.45, 2.75) is 13.0 Å². The van der Waals surface area contributed by atoms with E-state index in [1.165, 1.54) is 11.3 Å². The topological polar surface area (TPSA) is 15.3 Å². The standard InChI is InChI=1S/C13H18N2.ClH/c1-2-3-9-15-10-8-14-11-12-6-4-5-7-13(12)15;/h2,4-7,14H,1,3,8-11H2;1H. The number of rotatable bonds is 3. The van der Waals surface area contributed by atoms with Crippen molar-refractivity contribution < 1.29 is 0 Å². The fraction of sp³-hybridized carbons (Fsp3) is 0.385. The highest BCUT2D eigenvalue weighted by Gasteiger charge is 2.12. The second-order valence-electron chi connectivity index (χ2n) is 3.87. The second kappa shape index (κ2) is 6.56. The van der Waals surface area contributed by atoms with Crippen molar-refractivity contribution in [2.75, 3.05) is 24.5 Å². The molecule has 0 atom stereocenters. The number of hydrogen-bond donors (Lipinski definition) is 1. The van der Waals surface area contributed by atoms with E-state index < -0.39 is 0 Å². The minimum Gasteiger partial charge on any atom is -0.370 e. The molecule has 3 heteroatoms. The van der Waals surface area contributed by atoms with Gasteiger partial charge in [-0.1, -0.05) is 24.3 Å². The first kappa shape index (κ1) is 13.1. The maximum absolute atomic E-state index is 3.78. The summed E-state index contributed by atoms with van der Waals surface area (Å²) in [4.78, 5) is 2.44. The van der Waals surface area contributed by atoms with E-state index in [0.29, 0.717) is 0 Å². The van der Waals surface area contributed by atoms with Gasteiger partial charge in [0.25, 0.3) is 0 Å². The molecule has 1 N–H and O–H groups in total. The summed E-state index contributed by atoms with van der Waals surface area (Å²) in [5.74, 6) is 0. The molecule has 0 spiro atoms. The molecule has 0 amide bonds. The van der Waals surface area contributed by atoms with Gasteiger partial charge in [-0.05, 0) is 18.1 Å². The highest BCUT2D eigenvalue weighted by molar-refractivity contribution is 5.85. The van der Waals surface area contributed by atoms with Crippen LogP contribution in [0.3, 0.4) is 0 Å². The van der Waals surface area contributed by atoms with Crippen molar-refractivity contribution in [3.05, 3.63) is 42.5 Å². The summed E-state index contributed by atoms with van der Waals surface area (Å²) in [5, 5.41) is 3.44. The minimum atomic E-state index is 0. The molecule has 0 saturated carbocycles. The monoisotopic (exact) mass is 238 g/mol. The molecule has 1 aromatic rings.